The monoisotopic (exact) mass is 426 g/mol. The SMILES string of the molecule is O=C(CN1C(=O)C2CCCCC2C1=O)N(CCCO)Cc1ccc(Cl)c(Cl)c1. The van der Waals surface area contributed by atoms with E-state index in [1.54, 1.807) is 23.1 Å². The maximum absolute atomic E-state index is 12.9. The zero-order valence-electron chi connectivity index (χ0n) is 15.6. The average Bonchev–Trinajstić information content (AvgIpc) is 2.93. The van der Waals surface area contributed by atoms with Crippen molar-refractivity contribution in [2.75, 3.05) is 19.7 Å². The van der Waals surface area contributed by atoms with Crippen LogP contribution in [0.3, 0.4) is 0 Å². The van der Waals surface area contributed by atoms with Gasteiger partial charge in [0.2, 0.25) is 17.7 Å². The lowest BCUT2D eigenvalue weighted by molar-refractivity contribution is -0.146. The second-order valence-electron chi connectivity index (χ2n) is 7.40. The van der Waals surface area contributed by atoms with E-state index in [0.717, 1.165) is 36.1 Å². The number of amides is 3. The Labute approximate surface area is 174 Å². The van der Waals surface area contributed by atoms with Gasteiger partial charge >= 0.3 is 0 Å². The van der Waals surface area contributed by atoms with E-state index in [4.69, 9.17) is 28.3 Å². The van der Waals surface area contributed by atoms with Crippen molar-refractivity contribution < 1.29 is 19.5 Å². The van der Waals surface area contributed by atoms with Crippen molar-refractivity contribution in [3.05, 3.63) is 33.8 Å². The van der Waals surface area contributed by atoms with Gasteiger partial charge in [-0.15, -0.1) is 0 Å². The number of fused-ring (bicyclic) bond motifs is 1. The number of aliphatic hydroxyl groups excluding tert-OH is 1. The molecule has 2 aliphatic rings. The van der Waals surface area contributed by atoms with Gasteiger partial charge in [-0.05, 0) is 37.0 Å². The van der Waals surface area contributed by atoms with Crippen LogP contribution in [-0.4, -0.2) is 52.3 Å². The summed E-state index contributed by atoms with van der Waals surface area (Å²) in [5.74, 6) is -1.30. The van der Waals surface area contributed by atoms with Gasteiger partial charge in [0.1, 0.15) is 6.54 Å². The second-order valence-corrected chi connectivity index (χ2v) is 8.22. The molecule has 2 fully saturated rings. The molecule has 1 aromatic rings. The first-order valence-electron chi connectivity index (χ1n) is 9.60. The topological polar surface area (TPSA) is 77.9 Å². The summed E-state index contributed by atoms with van der Waals surface area (Å²) in [5, 5.41) is 9.97. The maximum atomic E-state index is 12.9. The van der Waals surface area contributed by atoms with Crippen molar-refractivity contribution in [3.8, 4) is 0 Å². The molecule has 3 rings (SSSR count). The van der Waals surface area contributed by atoms with Gasteiger partial charge in [0, 0.05) is 19.7 Å². The van der Waals surface area contributed by atoms with Crippen LogP contribution in [0.15, 0.2) is 18.2 Å². The van der Waals surface area contributed by atoms with Crippen LogP contribution in [0.4, 0.5) is 0 Å². The largest absolute Gasteiger partial charge is 0.396 e. The summed E-state index contributed by atoms with van der Waals surface area (Å²) in [7, 11) is 0. The van der Waals surface area contributed by atoms with Crippen LogP contribution in [0.2, 0.25) is 10.0 Å². The summed E-state index contributed by atoms with van der Waals surface area (Å²) in [5.41, 5.74) is 0.786. The predicted octanol–water partition coefficient (Wildman–Crippen LogP) is 2.88. The molecule has 3 amide bonds. The van der Waals surface area contributed by atoms with Crippen LogP contribution in [-0.2, 0) is 20.9 Å². The van der Waals surface area contributed by atoms with E-state index >= 15 is 0 Å². The van der Waals surface area contributed by atoms with Crippen molar-refractivity contribution in [2.24, 2.45) is 11.8 Å². The fraction of sp³-hybridized carbons (Fsp3) is 0.550. The highest BCUT2D eigenvalue weighted by atomic mass is 35.5. The first-order valence-corrected chi connectivity index (χ1v) is 10.4. The van der Waals surface area contributed by atoms with Crippen LogP contribution in [0.25, 0.3) is 0 Å². The molecular weight excluding hydrogens is 403 g/mol. The van der Waals surface area contributed by atoms with E-state index in [2.05, 4.69) is 0 Å². The van der Waals surface area contributed by atoms with Crippen LogP contribution >= 0.6 is 23.2 Å². The van der Waals surface area contributed by atoms with Crippen molar-refractivity contribution in [2.45, 2.75) is 38.6 Å². The molecule has 2 atom stereocenters. The summed E-state index contributed by atoms with van der Waals surface area (Å²) in [4.78, 5) is 40.8. The second kappa shape index (κ2) is 9.25. The summed E-state index contributed by atoms with van der Waals surface area (Å²) in [6.45, 7) is 0.270. The Kier molecular flexibility index (Phi) is 6.96. The Hall–Kier alpha value is -1.63. The van der Waals surface area contributed by atoms with Crippen LogP contribution in [0.1, 0.15) is 37.7 Å². The van der Waals surface area contributed by atoms with Gasteiger partial charge < -0.3 is 10.0 Å². The third-order valence-electron chi connectivity index (χ3n) is 5.52. The lowest BCUT2D eigenvalue weighted by Gasteiger charge is -2.25. The maximum Gasteiger partial charge on any atom is 0.243 e. The number of likely N-dealkylation sites (tertiary alicyclic amines) is 1. The van der Waals surface area contributed by atoms with Crippen molar-refractivity contribution in [1.29, 1.82) is 0 Å². The number of carbonyl (C=O) groups is 3. The number of benzene rings is 1. The Morgan fingerprint density at radius 2 is 1.75 bits per heavy atom. The van der Waals surface area contributed by atoms with E-state index in [-0.39, 0.29) is 49.3 Å². The minimum Gasteiger partial charge on any atom is -0.396 e. The van der Waals surface area contributed by atoms with Gasteiger partial charge in [-0.1, -0.05) is 42.1 Å². The normalized spacial score (nSPS) is 21.8. The number of imide groups is 1. The number of nitrogens with zero attached hydrogens (tertiary/aromatic N) is 2. The van der Waals surface area contributed by atoms with Crippen LogP contribution in [0.5, 0.6) is 0 Å². The third kappa shape index (κ3) is 4.50. The molecule has 1 saturated carbocycles. The summed E-state index contributed by atoms with van der Waals surface area (Å²) in [6, 6.07) is 5.12. The smallest absolute Gasteiger partial charge is 0.243 e. The first-order chi connectivity index (χ1) is 13.4. The van der Waals surface area contributed by atoms with E-state index in [9.17, 15) is 14.4 Å². The van der Waals surface area contributed by atoms with Crippen molar-refractivity contribution in [3.63, 3.8) is 0 Å². The highest BCUT2D eigenvalue weighted by molar-refractivity contribution is 6.42. The molecule has 28 heavy (non-hydrogen) atoms. The van der Waals surface area contributed by atoms with Crippen LogP contribution < -0.4 is 0 Å². The summed E-state index contributed by atoms with van der Waals surface area (Å²) in [6.07, 6.45) is 3.74. The molecule has 6 nitrogen and oxygen atoms in total. The molecule has 8 heteroatoms. The zero-order valence-corrected chi connectivity index (χ0v) is 17.1. The van der Waals surface area contributed by atoms with Gasteiger partial charge in [0.15, 0.2) is 0 Å². The molecule has 1 aromatic carbocycles. The Bertz CT molecular complexity index is 747. The highest BCUT2D eigenvalue weighted by Gasteiger charge is 2.48. The Morgan fingerprint density at radius 1 is 1.11 bits per heavy atom. The molecule has 0 bridgehead atoms. The number of carbonyl (C=O) groups excluding carboxylic acids is 3. The zero-order chi connectivity index (χ0) is 20.3. The molecule has 2 unspecified atom stereocenters. The lowest BCUT2D eigenvalue weighted by atomic mass is 9.81. The average molecular weight is 427 g/mol. The van der Waals surface area contributed by atoms with E-state index < -0.39 is 0 Å². The number of hydrogen-bond acceptors (Lipinski definition) is 4. The molecule has 0 radical (unpaired) electrons. The molecular formula is C20H24Cl2N2O4. The molecule has 152 valence electrons. The Balaban J connectivity index is 1.71. The van der Waals surface area contributed by atoms with E-state index in [0.29, 0.717) is 23.0 Å². The quantitative estimate of drug-likeness (QED) is 0.679. The molecule has 1 aliphatic carbocycles. The first kappa shape index (κ1) is 21.1. The number of halogens is 2. The molecule has 1 heterocycles. The lowest BCUT2D eigenvalue weighted by Crippen LogP contribution is -2.43. The minimum atomic E-state index is -0.320. The molecule has 1 N–H and O–H groups in total. The molecule has 1 aliphatic heterocycles. The molecule has 0 aromatic heterocycles. The van der Waals surface area contributed by atoms with Crippen LogP contribution in [0, 0.1) is 11.8 Å². The number of hydrogen-bond donors (Lipinski definition) is 1. The summed E-state index contributed by atoms with van der Waals surface area (Å²) < 4.78 is 0. The fourth-order valence-corrected chi connectivity index (χ4v) is 4.35. The van der Waals surface area contributed by atoms with Crippen molar-refractivity contribution >= 4 is 40.9 Å². The van der Waals surface area contributed by atoms with E-state index in [1.807, 2.05) is 0 Å². The van der Waals surface area contributed by atoms with Gasteiger partial charge in [0.05, 0.1) is 21.9 Å². The standard InChI is InChI=1S/C20H24Cl2N2O4/c21-16-7-6-13(10-17(16)22)11-23(8-3-9-25)18(26)12-24-19(27)14-4-1-2-5-15(14)20(24)28/h6-7,10,14-15,25H,1-5,8-9,11-12H2. The van der Waals surface area contributed by atoms with Gasteiger partial charge in [0.25, 0.3) is 0 Å². The summed E-state index contributed by atoms with van der Waals surface area (Å²) >= 11 is 12.0. The van der Waals surface area contributed by atoms with Gasteiger partial charge in [-0.2, -0.15) is 0 Å². The third-order valence-corrected chi connectivity index (χ3v) is 6.26. The van der Waals surface area contributed by atoms with Crippen molar-refractivity contribution in [1.82, 2.24) is 9.80 Å². The number of aliphatic hydroxyl groups is 1. The van der Waals surface area contributed by atoms with Gasteiger partial charge in [-0.3, -0.25) is 19.3 Å². The molecule has 1 saturated heterocycles. The Morgan fingerprint density at radius 3 is 2.32 bits per heavy atom. The van der Waals surface area contributed by atoms with Gasteiger partial charge in [-0.25, -0.2) is 0 Å². The highest BCUT2D eigenvalue weighted by Crippen LogP contribution is 2.38. The predicted molar refractivity (Wildman–Crippen MR) is 106 cm³/mol. The molecule has 0 spiro atoms. The van der Waals surface area contributed by atoms with E-state index in [1.165, 1.54) is 0 Å². The number of rotatable bonds is 7. The minimum absolute atomic E-state index is 0.0587. The fourth-order valence-electron chi connectivity index (χ4n) is 4.03.